The summed E-state index contributed by atoms with van der Waals surface area (Å²) in [5.41, 5.74) is 12.6. The maximum absolute atomic E-state index is 14.0. The van der Waals surface area contributed by atoms with Crippen LogP contribution in [0.1, 0.15) is 135 Å². The number of piperidine rings is 2. The summed E-state index contributed by atoms with van der Waals surface area (Å²) in [5.74, 6) is -0.754. The van der Waals surface area contributed by atoms with Crippen LogP contribution >= 0.6 is 139 Å². The minimum absolute atomic E-state index is 0.0563. The normalized spacial score (nSPS) is 15.7. The number of amides is 1. The van der Waals surface area contributed by atoms with Gasteiger partial charge in [-0.15, -0.1) is 0 Å². The Morgan fingerprint density at radius 2 is 0.728 bits per heavy atom. The Labute approximate surface area is 722 Å². The van der Waals surface area contributed by atoms with Gasteiger partial charge in [0.2, 0.25) is 5.91 Å². The third-order valence-electron chi connectivity index (χ3n) is 22.0. The number of hydrogen-bond acceptors (Lipinski definition) is 6. The number of nitrogens with zero attached hydrogens (tertiary/aromatic N) is 6. The van der Waals surface area contributed by atoms with Gasteiger partial charge in [-0.1, -0.05) is 157 Å². The van der Waals surface area contributed by atoms with E-state index in [1.807, 2.05) is 6.07 Å². The van der Waals surface area contributed by atoms with E-state index in [1.54, 1.807) is 71.6 Å². The molecule has 9 aromatic carbocycles. The van der Waals surface area contributed by atoms with Crippen molar-refractivity contribution in [1.29, 1.82) is 0 Å². The highest BCUT2D eigenvalue weighted by Crippen LogP contribution is 2.50. The summed E-state index contributed by atoms with van der Waals surface area (Å²) < 4.78 is 44.9. The first kappa shape index (κ1) is 85.6. The summed E-state index contributed by atoms with van der Waals surface area (Å²) in [6.45, 7) is 25.6. The van der Waals surface area contributed by atoms with Crippen LogP contribution in [0.15, 0.2) is 167 Å². The maximum Gasteiger partial charge on any atom is 0.255 e. The molecule has 0 saturated carbocycles. The lowest BCUT2D eigenvalue weighted by Gasteiger charge is -2.41. The Morgan fingerprint density at radius 3 is 1.12 bits per heavy atom. The number of rotatable bonds is 9. The van der Waals surface area contributed by atoms with Crippen molar-refractivity contribution >= 4 is 184 Å². The molecule has 2 fully saturated rings. The Hall–Kier alpha value is -6.24. The molecule has 0 spiro atoms. The average molecular weight is 1780 g/mol. The van der Waals surface area contributed by atoms with Gasteiger partial charge in [-0.2, -0.15) is 0 Å². The van der Waals surface area contributed by atoms with Gasteiger partial charge in [0.15, 0.2) is 0 Å². The molecule has 0 atom stereocenters. The summed E-state index contributed by atoms with van der Waals surface area (Å²) in [6.07, 6.45) is 7.78. The summed E-state index contributed by atoms with van der Waals surface area (Å²) in [7, 11) is 0. The van der Waals surface area contributed by atoms with Crippen molar-refractivity contribution in [1.82, 2.24) is 23.8 Å². The molecule has 114 heavy (non-hydrogen) atoms. The van der Waals surface area contributed by atoms with E-state index in [4.69, 9.17) is 139 Å². The number of halogens is 15. The molecule has 0 radical (unpaired) electrons. The maximum atomic E-state index is 14.0. The third kappa shape index (κ3) is 18.3. The molecule has 2 aromatic heterocycles. The van der Waals surface area contributed by atoms with Crippen molar-refractivity contribution < 1.29 is 18.0 Å². The van der Waals surface area contributed by atoms with Crippen LogP contribution in [0, 0.1) is 17.5 Å². The van der Waals surface area contributed by atoms with Gasteiger partial charge in [0.05, 0.1) is 79.0 Å². The summed E-state index contributed by atoms with van der Waals surface area (Å²) in [6, 6.07) is 41.6. The van der Waals surface area contributed by atoms with Crippen molar-refractivity contribution in [2.24, 2.45) is 0 Å². The number of pyridine rings is 2. The lowest BCUT2D eigenvalue weighted by Crippen LogP contribution is -2.45. The molecular formula is C90H81Cl12F3N6O3. The molecule has 0 unspecified atom stereocenters. The lowest BCUT2D eigenvalue weighted by molar-refractivity contribution is -0.118. The second kappa shape index (κ2) is 34.6. The van der Waals surface area contributed by atoms with E-state index in [-0.39, 0.29) is 71.1 Å². The van der Waals surface area contributed by atoms with Gasteiger partial charge in [0, 0.05) is 90.8 Å². The zero-order valence-corrected chi connectivity index (χ0v) is 73.0. The second-order valence-electron chi connectivity index (χ2n) is 32.3. The monoisotopic (exact) mass is 1770 g/mol. The van der Waals surface area contributed by atoms with Gasteiger partial charge in [0.25, 0.3) is 11.1 Å². The molecule has 2 saturated heterocycles. The number of benzene rings is 9. The van der Waals surface area contributed by atoms with E-state index < -0.39 is 17.5 Å². The van der Waals surface area contributed by atoms with E-state index >= 15 is 0 Å². The highest BCUT2D eigenvalue weighted by molar-refractivity contribution is 6.44. The lowest BCUT2D eigenvalue weighted by atomic mass is 9.82. The zero-order chi connectivity index (χ0) is 82.1. The van der Waals surface area contributed by atoms with Gasteiger partial charge >= 0.3 is 0 Å². The molecule has 594 valence electrons. The molecular weight excluding hydrogens is 1700 g/mol. The fraction of sp³-hybridized carbons (Fsp3) is 0.300. The van der Waals surface area contributed by atoms with Crippen molar-refractivity contribution in [3.8, 4) is 44.8 Å². The molecule has 24 heteroatoms. The zero-order valence-electron chi connectivity index (χ0n) is 63.9. The number of anilines is 2. The molecule has 11 aromatic rings. The Kier molecular flexibility index (Phi) is 26.0. The first-order chi connectivity index (χ1) is 53.8. The van der Waals surface area contributed by atoms with E-state index in [0.29, 0.717) is 86.7 Å². The number of fused-ring (bicyclic) bond motifs is 3. The van der Waals surface area contributed by atoms with Crippen molar-refractivity contribution in [2.45, 2.75) is 136 Å². The highest BCUT2D eigenvalue weighted by atomic mass is 35.5. The first-order valence-electron chi connectivity index (χ1n) is 37.5. The Balaban J connectivity index is 0.000000149. The first-order valence-corrected chi connectivity index (χ1v) is 42.0. The predicted octanol–water partition coefficient (Wildman–Crippen LogP) is 28.4. The third-order valence-corrected chi connectivity index (χ3v) is 25.3. The summed E-state index contributed by atoms with van der Waals surface area (Å²) in [4.78, 5) is 49.2. The fourth-order valence-electron chi connectivity index (χ4n) is 16.1. The largest absolute Gasteiger partial charge is 0.298 e. The molecule has 0 aliphatic carbocycles. The van der Waals surface area contributed by atoms with Crippen LogP contribution in [-0.4, -0.2) is 85.6 Å². The van der Waals surface area contributed by atoms with E-state index in [2.05, 4.69) is 113 Å². The fourth-order valence-corrected chi connectivity index (χ4v) is 19.8. The molecule has 0 bridgehead atoms. The molecule has 1 amide bonds. The SMILES string of the molecule is CC(C)(C)N1CC=C(c2cc(-c3ccc(F)cc3Cl)c3ccc(=O)n(-c4c(Cl)cc(Cl)cc4Cl)c3c2)CC1.CC(C)(C)N1CCC(c2cc(-c3ccc(F)cc3Cl)c3c(c2)N(c2c(Cl)cc(Cl)cc2Cl)C(=O)CC3)CC1.CC(C)(C)N1CCC(c2cc(-c3ccc(F)cc3Cl)c3ccc(=O)n(-c4c(Cl)cc(Cl)cc4Cl)c3c2)CC1. The van der Waals surface area contributed by atoms with E-state index in [0.717, 1.165) is 138 Å². The molecule has 15 rings (SSSR count). The summed E-state index contributed by atoms with van der Waals surface area (Å²) in [5, 5.41) is 5.20. The number of carbonyl (C=O) groups excluding carboxylic acids is 1. The second-order valence-corrected chi connectivity index (χ2v) is 37.2. The van der Waals surface area contributed by atoms with Crippen LogP contribution in [0.25, 0.3) is 72.1 Å². The van der Waals surface area contributed by atoms with Crippen LogP contribution in [0.3, 0.4) is 0 Å². The Bertz CT molecular complexity index is 5720. The molecule has 4 aliphatic heterocycles. The van der Waals surface area contributed by atoms with Gasteiger partial charge < -0.3 is 0 Å². The van der Waals surface area contributed by atoms with Crippen LogP contribution in [-0.2, 0) is 11.2 Å². The quantitative estimate of drug-likeness (QED) is 0.143. The number of likely N-dealkylation sites (tertiary alicyclic amines) is 2. The average Bonchev–Trinajstić information content (AvgIpc) is 0.752. The van der Waals surface area contributed by atoms with Crippen molar-refractivity contribution in [3.63, 3.8) is 0 Å². The van der Waals surface area contributed by atoms with Gasteiger partial charge in [-0.25, -0.2) is 13.2 Å². The minimum atomic E-state index is -0.423. The van der Waals surface area contributed by atoms with E-state index in [9.17, 15) is 27.6 Å². The van der Waals surface area contributed by atoms with Gasteiger partial charge in [0.1, 0.15) is 17.5 Å². The van der Waals surface area contributed by atoms with Gasteiger partial charge in [-0.3, -0.25) is 43.1 Å². The molecule has 6 heterocycles. The van der Waals surface area contributed by atoms with Crippen LogP contribution in [0.4, 0.5) is 24.5 Å². The Morgan fingerprint density at radius 1 is 0.351 bits per heavy atom. The summed E-state index contributed by atoms with van der Waals surface area (Å²) >= 11 is 77.8. The predicted molar refractivity (Wildman–Crippen MR) is 474 cm³/mol. The minimum Gasteiger partial charge on any atom is -0.298 e. The van der Waals surface area contributed by atoms with Gasteiger partial charge in [-0.05, 0) is 311 Å². The van der Waals surface area contributed by atoms with Crippen LogP contribution < -0.4 is 16.0 Å². The highest BCUT2D eigenvalue weighted by Gasteiger charge is 2.36. The molecule has 0 N–H and O–H groups in total. The number of carbonyl (C=O) groups is 1. The standard InChI is InChI=1S/C30H29Cl4FN2O.C30H27Cl4FN2O.C30H25Cl4FN2O/c3*1-30(2,3)36-10-8-17(9-11-36)18-12-23(21-5-4-20(35)16-24(21)32)22-6-7-28(38)37(27(22)13-18)29-25(33)14-19(31)15-26(29)34/h4-5,12-17H,6-11H2,1-3H3;4-7,12-17H,8-11H2,1-3H3;4-8,12-16H,9-11H2,1-3H3. The molecule has 9 nitrogen and oxygen atoms in total. The number of aromatic nitrogens is 2. The van der Waals surface area contributed by atoms with Crippen LogP contribution in [0.2, 0.25) is 60.3 Å². The topological polar surface area (TPSA) is 74.0 Å². The number of hydrogen-bond donors (Lipinski definition) is 0. The van der Waals surface area contributed by atoms with Crippen molar-refractivity contribution in [3.05, 3.63) is 278 Å². The van der Waals surface area contributed by atoms with Crippen molar-refractivity contribution in [2.75, 3.05) is 44.2 Å². The van der Waals surface area contributed by atoms with Crippen LogP contribution in [0.5, 0.6) is 0 Å². The smallest absolute Gasteiger partial charge is 0.255 e. The molecule has 4 aliphatic rings. The van der Waals surface area contributed by atoms with E-state index in [1.165, 1.54) is 57.7 Å².